The number of fused-ring (bicyclic) bond motifs is 1. The Morgan fingerprint density at radius 3 is 2.94 bits per heavy atom. The Morgan fingerprint density at radius 1 is 1.39 bits per heavy atom. The van der Waals surface area contributed by atoms with Gasteiger partial charge in [-0.2, -0.15) is 0 Å². The maximum Gasteiger partial charge on any atom is 0.324 e. The first-order chi connectivity index (χ1) is 8.63. The molecule has 0 aliphatic carbocycles. The van der Waals surface area contributed by atoms with Crippen molar-refractivity contribution in [1.29, 1.82) is 0 Å². The van der Waals surface area contributed by atoms with Gasteiger partial charge in [-0.1, -0.05) is 17.4 Å². The van der Waals surface area contributed by atoms with Gasteiger partial charge in [-0.15, -0.1) is 0 Å². The summed E-state index contributed by atoms with van der Waals surface area (Å²) in [6, 6.07) is 9.09. The molecule has 0 spiro atoms. The summed E-state index contributed by atoms with van der Waals surface area (Å²) in [7, 11) is 0. The summed E-state index contributed by atoms with van der Waals surface area (Å²) in [5, 5.41) is 14.0. The zero-order valence-corrected chi connectivity index (χ0v) is 10.4. The number of nitrogens with one attached hydrogen (secondary N) is 1. The van der Waals surface area contributed by atoms with Crippen LogP contribution in [0.4, 0.5) is 10.7 Å². The lowest BCUT2D eigenvalue weighted by Crippen LogP contribution is -2.07. The van der Waals surface area contributed by atoms with E-state index in [1.807, 2.05) is 25.1 Å². The molecule has 2 aromatic rings. The number of aryl methyl sites for hydroxylation is 1. The standard InChI is InChI=1S/C12H10N2O3S/c1-7-2-3-9-8(6-7)13-12(17-9)10-4-5-11(18-10)14(15)16/h2-6,12-13H,1H3. The molecule has 0 saturated carbocycles. The third-order valence-corrected chi connectivity index (χ3v) is 3.80. The van der Waals surface area contributed by atoms with Crippen molar-refractivity contribution < 1.29 is 9.66 Å². The van der Waals surface area contributed by atoms with Crippen LogP contribution in [0, 0.1) is 17.0 Å². The van der Waals surface area contributed by atoms with Crippen molar-refractivity contribution in [3.05, 3.63) is 50.9 Å². The molecule has 1 N–H and O–H groups in total. The monoisotopic (exact) mass is 262 g/mol. The van der Waals surface area contributed by atoms with E-state index in [1.54, 1.807) is 6.07 Å². The van der Waals surface area contributed by atoms with Gasteiger partial charge in [0.15, 0.2) is 0 Å². The maximum atomic E-state index is 10.6. The molecule has 1 aromatic heterocycles. The summed E-state index contributed by atoms with van der Waals surface area (Å²) in [6.07, 6.45) is -0.333. The molecule has 5 nitrogen and oxygen atoms in total. The lowest BCUT2D eigenvalue weighted by atomic mass is 10.2. The maximum absolute atomic E-state index is 10.6. The lowest BCUT2D eigenvalue weighted by Gasteiger charge is -2.07. The molecule has 0 fully saturated rings. The van der Waals surface area contributed by atoms with Crippen molar-refractivity contribution in [2.24, 2.45) is 0 Å². The number of rotatable bonds is 2. The summed E-state index contributed by atoms with van der Waals surface area (Å²) in [4.78, 5) is 11.1. The molecule has 1 aliphatic heterocycles. The zero-order valence-electron chi connectivity index (χ0n) is 9.54. The highest BCUT2D eigenvalue weighted by molar-refractivity contribution is 7.15. The Labute approximate surface area is 107 Å². The van der Waals surface area contributed by atoms with E-state index in [9.17, 15) is 10.1 Å². The topological polar surface area (TPSA) is 64.4 Å². The molecule has 0 amide bonds. The molecule has 0 bridgehead atoms. The fourth-order valence-electron chi connectivity index (χ4n) is 1.87. The Bertz CT molecular complexity index is 624. The van der Waals surface area contributed by atoms with Crippen LogP contribution in [0.5, 0.6) is 5.75 Å². The van der Waals surface area contributed by atoms with Gasteiger partial charge < -0.3 is 10.1 Å². The highest BCUT2D eigenvalue weighted by Crippen LogP contribution is 2.41. The molecule has 1 aliphatic rings. The van der Waals surface area contributed by atoms with Crippen molar-refractivity contribution in [3.8, 4) is 5.75 Å². The van der Waals surface area contributed by atoms with Crippen molar-refractivity contribution in [2.45, 2.75) is 13.2 Å². The van der Waals surface area contributed by atoms with Gasteiger partial charge in [0.05, 0.1) is 15.5 Å². The molecule has 92 valence electrons. The summed E-state index contributed by atoms with van der Waals surface area (Å²) >= 11 is 1.13. The van der Waals surface area contributed by atoms with E-state index in [0.717, 1.165) is 33.2 Å². The molecule has 1 unspecified atom stereocenters. The fraction of sp³-hybridized carbons (Fsp3) is 0.167. The van der Waals surface area contributed by atoms with Crippen LogP contribution in [0.25, 0.3) is 0 Å². The summed E-state index contributed by atoms with van der Waals surface area (Å²) in [6.45, 7) is 2.01. The number of thiophene rings is 1. The predicted molar refractivity (Wildman–Crippen MR) is 69.1 cm³/mol. The quantitative estimate of drug-likeness (QED) is 0.664. The van der Waals surface area contributed by atoms with Gasteiger partial charge in [0.25, 0.3) is 0 Å². The van der Waals surface area contributed by atoms with Gasteiger partial charge in [0.1, 0.15) is 5.75 Å². The van der Waals surface area contributed by atoms with E-state index >= 15 is 0 Å². The van der Waals surface area contributed by atoms with Crippen LogP contribution in [0.3, 0.4) is 0 Å². The van der Waals surface area contributed by atoms with Crippen LogP contribution >= 0.6 is 11.3 Å². The molecule has 6 heteroatoms. The predicted octanol–water partition coefficient (Wildman–Crippen LogP) is 3.47. The SMILES string of the molecule is Cc1ccc2c(c1)NC(c1ccc([N+](=O)[O-])s1)O2. The molecule has 1 aromatic carbocycles. The second-order valence-corrected chi connectivity index (χ2v) is 5.17. The molecule has 0 radical (unpaired) electrons. The molecule has 1 atom stereocenters. The minimum Gasteiger partial charge on any atom is -0.463 e. The van der Waals surface area contributed by atoms with E-state index in [4.69, 9.17) is 4.74 Å². The number of anilines is 1. The first-order valence-electron chi connectivity index (χ1n) is 5.41. The highest BCUT2D eigenvalue weighted by Gasteiger charge is 2.26. The molecule has 2 heterocycles. The van der Waals surface area contributed by atoms with Crippen molar-refractivity contribution >= 4 is 22.0 Å². The Hall–Kier alpha value is -2.08. The fourth-order valence-corrected chi connectivity index (χ4v) is 2.67. The number of hydrogen-bond acceptors (Lipinski definition) is 5. The van der Waals surface area contributed by atoms with E-state index in [2.05, 4.69) is 5.32 Å². The summed E-state index contributed by atoms with van der Waals surface area (Å²) < 4.78 is 5.72. The second-order valence-electron chi connectivity index (χ2n) is 4.07. The Morgan fingerprint density at radius 2 is 2.22 bits per heavy atom. The van der Waals surface area contributed by atoms with Crippen LogP contribution in [0.15, 0.2) is 30.3 Å². The second kappa shape index (κ2) is 3.99. The van der Waals surface area contributed by atoms with Crippen LogP contribution in [-0.2, 0) is 0 Å². The lowest BCUT2D eigenvalue weighted by molar-refractivity contribution is -0.380. The minimum absolute atomic E-state index is 0.127. The van der Waals surface area contributed by atoms with Gasteiger partial charge in [-0.3, -0.25) is 10.1 Å². The minimum atomic E-state index is -0.388. The van der Waals surface area contributed by atoms with Gasteiger partial charge in [-0.25, -0.2) is 0 Å². The molecule has 3 rings (SSSR count). The largest absolute Gasteiger partial charge is 0.463 e. The number of nitro groups is 1. The van der Waals surface area contributed by atoms with Crippen molar-refractivity contribution in [1.82, 2.24) is 0 Å². The van der Waals surface area contributed by atoms with Gasteiger partial charge in [0, 0.05) is 6.07 Å². The van der Waals surface area contributed by atoms with Crippen LogP contribution < -0.4 is 10.1 Å². The van der Waals surface area contributed by atoms with Crippen LogP contribution in [0.2, 0.25) is 0 Å². The molecular weight excluding hydrogens is 252 g/mol. The average Bonchev–Trinajstić information content (AvgIpc) is 2.93. The van der Waals surface area contributed by atoms with Gasteiger partial charge >= 0.3 is 5.00 Å². The summed E-state index contributed by atoms with van der Waals surface area (Å²) in [5.74, 6) is 0.779. The van der Waals surface area contributed by atoms with Crippen molar-refractivity contribution in [3.63, 3.8) is 0 Å². The smallest absolute Gasteiger partial charge is 0.324 e. The van der Waals surface area contributed by atoms with E-state index in [1.165, 1.54) is 6.07 Å². The highest BCUT2D eigenvalue weighted by atomic mass is 32.1. The van der Waals surface area contributed by atoms with Crippen LogP contribution in [0.1, 0.15) is 16.7 Å². The van der Waals surface area contributed by atoms with Gasteiger partial charge in [0.2, 0.25) is 6.23 Å². The molecule has 0 saturated heterocycles. The summed E-state index contributed by atoms with van der Waals surface area (Å²) in [5.41, 5.74) is 2.07. The molecule has 18 heavy (non-hydrogen) atoms. The number of ether oxygens (including phenoxy) is 1. The third kappa shape index (κ3) is 1.80. The van der Waals surface area contributed by atoms with E-state index < -0.39 is 0 Å². The Balaban J connectivity index is 1.86. The number of benzene rings is 1. The average molecular weight is 262 g/mol. The number of hydrogen-bond donors (Lipinski definition) is 1. The van der Waals surface area contributed by atoms with Gasteiger partial charge in [-0.05, 0) is 30.7 Å². The Kier molecular flexibility index (Phi) is 2.45. The number of nitrogens with zero attached hydrogens (tertiary/aromatic N) is 1. The van der Waals surface area contributed by atoms with E-state index in [0.29, 0.717) is 0 Å². The third-order valence-electron chi connectivity index (χ3n) is 2.72. The zero-order chi connectivity index (χ0) is 12.7. The van der Waals surface area contributed by atoms with Crippen LogP contribution in [-0.4, -0.2) is 4.92 Å². The molecular formula is C12H10N2O3S. The van der Waals surface area contributed by atoms with E-state index in [-0.39, 0.29) is 16.2 Å². The normalized spacial score (nSPS) is 16.8. The first-order valence-corrected chi connectivity index (χ1v) is 6.23. The van der Waals surface area contributed by atoms with Crippen molar-refractivity contribution in [2.75, 3.05) is 5.32 Å². The first kappa shape index (κ1) is 11.0.